The molecule has 5 nitrogen and oxygen atoms in total. The summed E-state index contributed by atoms with van der Waals surface area (Å²) >= 11 is 1.68. The lowest BCUT2D eigenvalue weighted by atomic mass is 10.1. The molecule has 0 heterocycles. The number of hydrogen-bond acceptors (Lipinski definition) is 6. The third-order valence-electron chi connectivity index (χ3n) is 7.32. The Labute approximate surface area is 255 Å². The van der Waals surface area contributed by atoms with Crippen molar-refractivity contribution in [2.24, 2.45) is 0 Å². The molecule has 0 aliphatic carbocycles. The molecule has 0 radical (unpaired) electrons. The van der Waals surface area contributed by atoms with Crippen LogP contribution in [0.4, 0.5) is 0 Å². The summed E-state index contributed by atoms with van der Waals surface area (Å²) < 4.78 is 24.4. The van der Waals surface area contributed by atoms with Crippen molar-refractivity contribution in [1.82, 2.24) is 0 Å². The summed E-state index contributed by atoms with van der Waals surface area (Å²) in [6, 6.07) is 0.808. The largest absolute Gasteiger partial charge is 0.500 e. The van der Waals surface area contributed by atoms with Gasteiger partial charge in [0.1, 0.15) is 4.75 Å². The molecule has 240 valence electrons. The highest BCUT2D eigenvalue weighted by molar-refractivity contribution is 8.01. The van der Waals surface area contributed by atoms with Crippen LogP contribution in [0.15, 0.2) is 0 Å². The van der Waals surface area contributed by atoms with Crippen molar-refractivity contribution >= 4 is 26.5 Å². The van der Waals surface area contributed by atoms with Crippen molar-refractivity contribution in [3.63, 3.8) is 0 Å². The van der Waals surface area contributed by atoms with E-state index in [1.54, 1.807) is 11.8 Å². The van der Waals surface area contributed by atoms with Crippen LogP contribution in [0.2, 0.25) is 6.04 Å². The Kier molecular flexibility index (Phi) is 27.7. The summed E-state index contributed by atoms with van der Waals surface area (Å²) in [6.07, 6.45) is 23.0. The van der Waals surface area contributed by atoms with Crippen LogP contribution in [-0.2, 0) is 22.8 Å². The highest BCUT2D eigenvalue weighted by Gasteiger charge is 2.40. The quantitative estimate of drug-likeness (QED) is 0.0446. The normalized spacial score (nSPS) is 12.2. The monoisotopic (exact) mass is 604 g/mol. The Balaban J connectivity index is 4.68. The number of hydrogen-bond donors (Lipinski definition) is 0. The second-order valence-corrected chi connectivity index (χ2v) is 16.2. The fraction of sp³-hybridized carbons (Fsp3) is 0.970. The molecular formula is C33H68O5SSi. The molecule has 0 aromatic carbocycles. The van der Waals surface area contributed by atoms with Crippen LogP contribution in [0.3, 0.4) is 0 Å². The molecule has 0 unspecified atom stereocenters. The van der Waals surface area contributed by atoms with Gasteiger partial charge in [0, 0.05) is 25.9 Å². The van der Waals surface area contributed by atoms with Gasteiger partial charge in [-0.25, -0.2) is 0 Å². The van der Waals surface area contributed by atoms with E-state index in [1.165, 1.54) is 89.9 Å². The van der Waals surface area contributed by atoms with E-state index < -0.39 is 13.6 Å². The van der Waals surface area contributed by atoms with Gasteiger partial charge in [-0.3, -0.25) is 4.79 Å². The predicted octanol–water partition coefficient (Wildman–Crippen LogP) is 10.5. The van der Waals surface area contributed by atoms with Gasteiger partial charge in [-0.1, -0.05) is 117 Å². The Morgan fingerprint density at radius 3 is 1.45 bits per heavy atom. The van der Waals surface area contributed by atoms with E-state index in [0.29, 0.717) is 13.2 Å². The first-order chi connectivity index (χ1) is 19.4. The van der Waals surface area contributed by atoms with Crippen molar-refractivity contribution < 1.29 is 22.8 Å². The van der Waals surface area contributed by atoms with Gasteiger partial charge in [0.25, 0.3) is 0 Å². The van der Waals surface area contributed by atoms with E-state index in [9.17, 15) is 4.79 Å². The van der Waals surface area contributed by atoms with Gasteiger partial charge in [-0.05, 0) is 52.2 Å². The molecule has 0 fully saturated rings. The predicted molar refractivity (Wildman–Crippen MR) is 176 cm³/mol. The minimum absolute atomic E-state index is 0.0991. The van der Waals surface area contributed by atoms with Crippen LogP contribution in [0.25, 0.3) is 0 Å². The molecule has 0 saturated heterocycles. The second kappa shape index (κ2) is 27.7. The van der Waals surface area contributed by atoms with Gasteiger partial charge in [0.05, 0.1) is 6.61 Å². The summed E-state index contributed by atoms with van der Waals surface area (Å²) in [6.45, 7) is 15.3. The number of thioether (sulfide) groups is 1. The number of carbonyl (C=O) groups excluding carboxylic acids is 1. The molecule has 0 aromatic heterocycles. The summed E-state index contributed by atoms with van der Waals surface area (Å²) in [5.41, 5.74) is 0. The first kappa shape index (κ1) is 39.9. The zero-order valence-electron chi connectivity index (χ0n) is 27.6. The summed E-state index contributed by atoms with van der Waals surface area (Å²) in [5.74, 6) is 0.764. The lowest BCUT2D eigenvalue weighted by Gasteiger charge is -2.30. The van der Waals surface area contributed by atoms with E-state index in [1.807, 2.05) is 20.8 Å². The highest BCUT2D eigenvalue weighted by Crippen LogP contribution is 2.29. The zero-order valence-corrected chi connectivity index (χ0v) is 29.4. The van der Waals surface area contributed by atoms with Gasteiger partial charge >= 0.3 is 14.8 Å². The third kappa shape index (κ3) is 22.5. The number of carbonyl (C=O) groups is 1. The van der Waals surface area contributed by atoms with Crippen LogP contribution in [0, 0.1) is 0 Å². The molecule has 0 N–H and O–H groups in total. The lowest BCUT2D eigenvalue weighted by Crippen LogP contribution is -2.46. The molecule has 0 amide bonds. The second-order valence-electron chi connectivity index (χ2n) is 11.7. The molecule has 0 atom stereocenters. The maximum absolute atomic E-state index is 12.7. The van der Waals surface area contributed by atoms with E-state index in [-0.39, 0.29) is 5.97 Å². The van der Waals surface area contributed by atoms with E-state index in [4.69, 9.17) is 18.0 Å². The van der Waals surface area contributed by atoms with Gasteiger partial charge in [0.15, 0.2) is 0 Å². The molecule has 0 rings (SSSR count). The van der Waals surface area contributed by atoms with Crippen LogP contribution >= 0.6 is 11.8 Å². The minimum Gasteiger partial charge on any atom is -0.465 e. The average Bonchev–Trinajstić information content (AvgIpc) is 2.94. The Bertz CT molecular complexity index is 543. The van der Waals surface area contributed by atoms with Crippen molar-refractivity contribution in [3.8, 4) is 0 Å². The zero-order chi connectivity index (χ0) is 29.8. The smallest absolute Gasteiger partial charge is 0.465 e. The Morgan fingerprint density at radius 1 is 0.575 bits per heavy atom. The summed E-state index contributed by atoms with van der Waals surface area (Å²) in [4.78, 5) is 12.7. The molecule has 0 bridgehead atoms. The molecule has 0 saturated carbocycles. The standard InChI is InChI=1S/C33H68O5SSi/c1-7-11-14-17-20-23-27-35-32(34)33(5,6)39-30-26-31-40(36-10-4,37-28-24-21-18-15-12-8-2)38-29-25-22-19-16-13-9-3/h7-31H2,1-6H3. The molecule has 40 heavy (non-hydrogen) atoms. The van der Waals surface area contributed by atoms with E-state index in [2.05, 4.69) is 20.8 Å². The number of esters is 1. The van der Waals surface area contributed by atoms with Crippen molar-refractivity contribution in [3.05, 3.63) is 0 Å². The number of ether oxygens (including phenoxy) is 1. The van der Waals surface area contributed by atoms with Crippen molar-refractivity contribution in [2.45, 2.75) is 174 Å². The Morgan fingerprint density at radius 2 is 1.00 bits per heavy atom. The van der Waals surface area contributed by atoms with Gasteiger partial charge < -0.3 is 18.0 Å². The van der Waals surface area contributed by atoms with Crippen molar-refractivity contribution in [1.29, 1.82) is 0 Å². The Hall–Kier alpha value is -0.0831. The van der Waals surface area contributed by atoms with Gasteiger partial charge in [-0.2, -0.15) is 0 Å². The van der Waals surface area contributed by atoms with Crippen molar-refractivity contribution in [2.75, 3.05) is 32.2 Å². The molecule has 0 aromatic rings. The maximum Gasteiger partial charge on any atom is 0.500 e. The molecule has 7 heteroatoms. The minimum atomic E-state index is -2.74. The first-order valence-corrected chi connectivity index (χ1v) is 20.0. The lowest BCUT2D eigenvalue weighted by molar-refractivity contribution is -0.145. The highest BCUT2D eigenvalue weighted by atomic mass is 32.2. The SMILES string of the molecule is CCCCCCCCOC(=O)C(C)(C)SCCC[Si](OCC)(OCCCCCCCC)OCCCCCCCC. The van der Waals surface area contributed by atoms with Gasteiger partial charge in [-0.15, -0.1) is 11.8 Å². The van der Waals surface area contributed by atoms with Crippen LogP contribution in [0.5, 0.6) is 0 Å². The first-order valence-electron chi connectivity index (χ1n) is 17.1. The van der Waals surface area contributed by atoms with E-state index in [0.717, 1.165) is 57.1 Å². The van der Waals surface area contributed by atoms with Crippen LogP contribution < -0.4 is 0 Å². The molecular weight excluding hydrogens is 537 g/mol. The fourth-order valence-electron chi connectivity index (χ4n) is 4.68. The van der Waals surface area contributed by atoms with Crippen LogP contribution in [-0.4, -0.2) is 51.7 Å². The fourth-order valence-corrected chi connectivity index (χ4v) is 8.55. The number of unbranched alkanes of at least 4 members (excludes halogenated alkanes) is 15. The number of rotatable bonds is 31. The van der Waals surface area contributed by atoms with Gasteiger partial charge in [0.2, 0.25) is 0 Å². The molecule has 0 spiro atoms. The summed E-state index contributed by atoms with van der Waals surface area (Å²) in [5, 5.41) is 0. The van der Waals surface area contributed by atoms with E-state index >= 15 is 0 Å². The molecule has 0 aliphatic rings. The molecule has 0 aliphatic heterocycles. The summed E-state index contributed by atoms with van der Waals surface area (Å²) in [7, 11) is -2.74. The maximum atomic E-state index is 12.7. The third-order valence-corrected chi connectivity index (χ3v) is 11.7. The average molecular weight is 605 g/mol. The topological polar surface area (TPSA) is 54.0 Å². The van der Waals surface area contributed by atoms with Crippen LogP contribution in [0.1, 0.15) is 164 Å².